The maximum absolute atomic E-state index is 11.7. The van der Waals surface area contributed by atoms with Gasteiger partial charge in [0.15, 0.2) is 0 Å². The number of urea groups is 1. The fourth-order valence-electron chi connectivity index (χ4n) is 1.67. The molecule has 0 aliphatic carbocycles. The smallest absolute Gasteiger partial charge is 0.315 e. The van der Waals surface area contributed by atoms with E-state index in [0.717, 1.165) is 0 Å². The first-order chi connectivity index (χ1) is 9.68. The van der Waals surface area contributed by atoms with E-state index in [2.05, 4.69) is 10.6 Å². The molecule has 0 radical (unpaired) electrons. The van der Waals surface area contributed by atoms with Gasteiger partial charge in [-0.3, -0.25) is 0 Å². The van der Waals surface area contributed by atoms with Gasteiger partial charge in [0.05, 0.1) is 12.1 Å². The number of hydrogen-bond donors (Lipinski definition) is 3. The predicted molar refractivity (Wildman–Crippen MR) is 83.5 cm³/mol. The van der Waals surface area contributed by atoms with Gasteiger partial charge >= 0.3 is 6.03 Å². The van der Waals surface area contributed by atoms with Gasteiger partial charge in [-0.2, -0.15) is 0 Å². The largest absolute Gasteiger partial charge is 0.384 e. The van der Waals surface area contributed by atoms with Crippen molar-refractivity contribution < 1.29 is 14.6 Å². The summed E-state index contributed by atoms with van der Waals surface area (Å²) < 4.78 is 5.21. The number of halogens is 1. The zero-order valence-corrected chi connectivity index (χ0v) is 13.6. The minimum atomic E-state index is -1.24. The van der Waals surface area contributed by atoms with Crippen LogP contribution in [-0.2, 0) is 10.3 Å². The molecule has 0 saturated carbocycles. The summed E-state index contributed by atoms with van der Waals surface area (Å²) in [5, 5.41) is 16.2. The van der Waals surface area contributed by atoms with Gasteiger partial charge in [0.1, 0.15) is 5.60 Å². The van der Waals surface area contributed by atoms with Gasteiger partial charge in [0.2, 0.25) is 0 Å². The summed E-state index contributed by atoms with van der Waals surface area (Å²) in [5.74, 6) is 0. The van der Waals surface area contributed by atoms with E-state index in [9.17, 15) is 9.90 Å². The van der Waals surface area contributed by atoms with E-state index in [-0.39, 0.29) is 12.6 Å². The Hall–Kier alpha value is -1.30. The molecule has 3 N–H and O–H groups in total. The molecule has 0 fully saturated rings. The average molecular weight is 315 g/mol. The number of benzene rings is 1. The summed E-state index contributed by atoms with van der Waals surface area (Å²) in [6, 6.07) is 6.64. The molecular weight excluding hydrogens is 292 g/mol. The Bertz CT molecular complexity index is 490. The first-order valence-electron chi connectivity index (χ1n) is 6.72. The van der Waals surface area contributed by atoms with Crippen molar-refractivity contribution in [1.82, 2.24) is 10.6 Å². The van der Waals surface area contributed by atoms with Crippen molar-refractivity contribution in [3.8, 4) is 0 Å². The minimum absolute atomic E-state index is 0.0516. The number of hydrogen-bond acceptors (Lipinski definition) is 3. The number of amides is 2. The van der Waals surface area contributed by atoms with E-state index in [1.807, 2.05) is 13.8 Å². The zero-order valence-electron chi connectivity index (χ0n) is 12.9. The highest BCUT2D eigenvalue weighted by Gasteiger charge is 2.26. The lowest BCUT2D eigenvalue weighted by atomic mass is 9.96. The summed E-state index contributed by atoms with van der Waals surface area (Å²) >= 11 is 6.06. The fraction of sp³-hybridized carbons (Fsp3) is 0.533. The van der Waals surface area contributed by atoms with E-state index in [1.54, 1.807) is 38.3 Å². The molecule has 2 amide bonds. The molecule has 0 saturated heterocycles. The predicted octanol–water partition coefficient (Wildman–Crippen LogP) is 2.27. The molecule has 1 aromatic rings. The lowest BCUT2D eigenvalue weighted by Crippen LogP contribution is -2.47. The van der Waals surface area contributed by atoms with Gasteiger partial charge in [-0.15, -0.1) is 0 Å². The molecule has 0 unspecified atom stereocenters. The highest BCUT2D eigenvalue weighted by Crippen LogP contribution is 2.27. The lowest BCUT2D eigenvalue weighted by molar-refractivity contribution is 0.0248. The zero-order chi connectivity index (χ0) is 16.1. The average Bonchev–Trinajstić information content (AvgIpc) is 2.43. The second kappa shape index (κ2) is 7.11. The Kier molecular flexibility index (Phi) is 6.01. The molecular formula is C15H23ClN2O3. The molecule has 0 heterocycles. The molecule has 0 spiro atoms. The number of carbonyl (C=O) groups is 1. The Morgan fingerprint density at radius 1 is 1.24 bits per heavy atom. The monoisotopic (exact) mass is 314 g/mol. The fourth-order valence-corrected chi connectivity index (χ4v) is 2.01. The third-order valence-electron chi connectivity index (χ3n) is 3.27. The normalized spacial score (nSPS) is 14.4. The maximum atomic E-state index is 11.7. The Morgan fingerprint density at radius 2 is 1.81 bits per heavy atom. The van der Waals surface area contributed by atoms with Crippen molar-refractivity contribution >= 4 is 17.6 Å². The first kappa shape index (κ1) is 17.8. The van der Waals surface area contributed by atoms with Gasteiger partial charge < -0.3 is 20.5 Å². The van der Waals surface area contributed by atoms with Crippen LogP contribution in [0.15, 0.2) is 24.3 Å². The van der Waals surface area contributed by atoms with Crippen LogP contribution in [0, 0.1) is 0 Å². The number of carbonyl (C=O) groups excluding carboxylic acids is 1. The molecule has 5 nitrogen and oxygen atoms in total. The number of rotatable bonds is 6. The van der Waals surface area contributed by atoms with Gasteiger partial charge in [0, 0.05) is 24.2 Å². The van der Waals surface area contributed by atoms with Gasteiger partial charge in [0.25, 0.3) is 0 Å². The van der Waals surface area contributed by atoms with Crippen LogP contribution in [0.3, 0.4) is 0 Å². The first-order valence-corrected chi connectivity index (χ1v) is 7.10. The second-order valence-corrected chi connectivity index (χ2v) is 6.16. The molecule has 0 aromatic heterocycles. The second-order valence-electron chi connectivity index (χ2n) is 5.75. The summed E-state index contributed by atoms with van der Waals surface area (Å²) in [6.07, 6.45) is 0. The van der Waals surface area contributed by atoms with E-state index < -0.39 is 11.2 Å². The lowest BCUT2D eigenvalue weighted by Gasteiger charge is -2.26. The highest BCUT2D eigenvalue weighted by molar-refractivity contribution is 6.31. The van der Waals surface area contributed by atoms with Crippen LogP contribution in [0.4, 0.5) is 4.79 Å². The Labute approximate surface area is 130 Å². The van der Waals surface area contributed by atoms with Crippen molar-refractivity contribution in [1.29, 1.82) is 0 Å². The van der Waals surface area contributed by atoms with Crippen LogP contribution in [0.5, 0.6) is 0 Å². The number of aliphatic hydroxyl groups is 1. The molecule has 21 heavy (non-hydrogen) atoms. The van der Waals surface area contributed by atoms with E-state index in [0.29, 0.717) is 17.1 Å². The topological polar surface area (TPSA) is 70.6 Å². The maximum Gasteiger partial charge on any atom is 0.315 e. The minimum Gasteiger partial charge on any atom is -0.384 e. The van der Waals surface area contributed by atoms with Crippen molar-refractivity contribution in [2.45, 2.75) is 32.0 Å². The van der Waals surface area contributed by atoms with Gasteiger partial charge in [-0.05, 0) is 26.8 Å². The third-order valence-corrected chi connectivity index (χ3v) is 3.60. The van der Waals surface area contributed by atoms with Crippen LogP contribution in [0.1, 0.15) is 26.3 Å². The molecule has 0 aliphatic rings. The Morgan fingerprint density at radius 3 is 2.38 bits per heavy atom. The van der Waals surface area contributed by atoms with Gasteiger partial charge in [-0.1, -0.05) is 29.8 Å². The van der Waals surface area contributed by atoms with Crippen LogP contribution >= 0.6 is 11.6 Å². The van der Waals surface area contributed by atoms with E-state index in [4.69, 9.17) is 16.3 Å². The van der Waals surface area contributed by atoms with Gasteiger partial charge in [-0.25, -0.2) is 4.79 Å². The quantitative estimate of drug-likeness (QED) is 0.754. The standard InChI is InChI=1S/C15H23ClN2O3/c1-14(2,21-4)9-17-13(19)18-10-15(3,20)11-7-5-6-8-12(11)16/h5-8,20H,9-10H2,1-4H3,(H2,17,18,19)/t15-/m1/s1. The van der Waals surface area contributed by atoms with Crippen LogP contribution in [-0.4, -0.2) is 36.9 Å². The molecule has 1 atom stereocenters. The number of ether oxygens (including phenoxy) is 1. The molecule has 1 rings (SSSR count). The summed E-state index contributed by atoms with van der Waals surface area (Å²) in [6.45, 7) is 5.76. The summed E-state index contributed by atoms with van der Waals surface area (Å²) in [7, 11) is 1.59. The van der Waals surface area contributed by atoms with Crippen molar-refractivity contribution in [3.05, 3.63) is 34.9 Å². The molecule has 0 aliphatic heterocycles. The summed E-state index contributed by atoms with van der Waals surface area (Å²) in [5.41, 5.74) is -1.11. The number of methoxy groups -OCH3 is 1. The van der Waals surface area contributed by atoms with E-state index in [1.165, 1.54) is 0 Å². The molecule has 1 aromatic carbocycles. The number of nitrogens with one attached hydrogen (secondary N) is 2. The van der Waals surface area contributed by atoms with Crippen LogP contribution < -0.4 is 10.6 Å². The van der Waals surface area contributed by atoms with Crippen molar-refractivity contribution in [3.63, 3.8) is 0 Å². The molecule has 0 bridgehead atoms. The van der Waals surface area contributed by atoms with Crippen LogP contribution in [0.25, 0.3) is 0 Å². The Balaban J connectivity index is 2.54. The SMILES string of the molecule is COC(C)(C)CNC(=O)NC[C@@](C)(O)c1ccccc1Cl. The summed E-state index contributed by atoms with van der Waals surface area (Å²) in [4.78, 5) is 11.7. The van der Waals surface area contributed by atoms with Crippen LogP contribution in [0.2, 0.25) is 5.02 Å². The van der Waals surface area contributed by atoms with E-state index >= 15 is 0 Å². The third kappa shape index (κ3) is 5.53. The molecule has 118 valence electrons. The van der Waals surface area contributed by atoms with Crippen molar-refractivity contribution in [2.24, 2.45) is 0 Å². The highest BCUT2D eigenvalue weighted by atomic mass is 35.5. The molecule has 6 heteroatoms. The van der Waals surface area contributed by atoms with Crippen molar-refractivity contribution in [2.75, 3.05) is 20.2 Å².